The molecule has 0 bridgehead atoms. The lowest BCUT2D eigenvalue weighted by Gasteiger charge is -2.14. The van der Waals surface area contributed by atoms with Crippen LogP contribution < -0.4 is 10.2 Å². The van der Waals surface area contributed by atoms with E-state index >= 15 is 0 Å². The van der Waals surface area contributed by atoms with Crippen molar-refractivity contribution in [2.75, 3.05) is 0 Å². The third-order valence-corrected chi connectivity index (χ3v) is 6.86. The Morgan fingerprint density at radius 2 is 1.25 bits per heavy atom. The summed E-state index contributed by atoms with van der Waals surface area (Å²) in [5, 5.41) is 9.40. The van der Waals surface area contributed by atoms with Crippen LogP contribution in [0.25, 0.3) is 0 Å². The molecule has 0 fully saturated rings. The molecule has 0 saturated carbocycles. The van der Waals surface area contributed by atoms with E-state index in [1.807, 2.05) is 4.57 Å². The molecule has 1 aromatic heterocycles. The van der Waals surface area contributed by atoms with Crippen LogP contribution >= 0.6 is 0 Å². The zero-order valence-electron chi connectivity index (χ0n) is 22.4. The molecule has 0 aliphatic heterocycles. The second-order valence-electron chi connectivity index (χ2n) is 9.96. The van der Waals surface area contributed by atoms with Crippen molar-refractivity contribution in [3.8, 4) is 11.5 Å². The van der Waals surface area contributed by atoms with Gasteiger partial charge >= 0.3 is 0 Å². The van der Waals surface area contributed by atoms with Crippen LogP contribution in [0.5, 0.6) is 11.5 Å². The first-order valence-corrected chi connectivity index (χ1v) is 14.2. The number of aromatic hydroxyl groups is 1. The molecule has 2 aromatic rings. The Bertz CT molecular complexity index is 904. The average molecular weight is 498 g/mol. The smallest absolute Gasteiger partial charge is 0.224 e. The molecule has 1 heterocycles. The number of ether oxygens (including phenoxy) is 1. The monoisotopic (exact) mass is 497 g/mol. The van der Waals surface area contributed by atoms with E-state index in [2.05, 4.69) is 6.92 Å². The van der Waals surface area contributed by atoms with E-state index in [4.69, 9.17) is 4.74 Å². The van der Waals surface area contributed by atoms with Crippen LogP contribution in [-0.2, 0) is 13.2 Å². The summed E-state index contributed by atoms with van der Waals surface area (Å²) in [7, 11) is 0. The van der Waals surface area contributed by atoms with E-state index in [1.54, 1.807) is 30.5 Å². The maximum atomic E-state index is 12.3. The van der Waals surface area contributed by atoms with Crippen LogP contribution in [0, 0.1) is 0 Å². The molecule has 0 amide bonds. The van der Waals surface area contributed by atoms with Crippen molar-refractivity contribution in [2.45, 2.75) is 123 Å². The zero-order valence-corrected chi connectivity index (χ0v) is 22.4. The summed E-state index contributed by atoms with van der Waals surface area (Å²) in [5.41, 5.74) is 0.818. The van der Waals surface area contributed by atoms with Gasteiger partial charge in [0.2, 0.25) is 5.43 Å². The van der Waals surface area contributed by atoms with Crippen molar-refractivity contribution in [3.63, 3.8) is 0 Å². The number of aldehydes is 1. The third kappa shape index (κ3) is 11.9. The van der Waals surface area contributed by atoms with E-state index in [0.717, 1.165) is 18.4 Å². The largest absolute Gasteiger partial charge is 0.508 e. The summed E-state index contributed by atoms with van der Waals surface area (Å²) in [5.74, 6) is 0.269. The van der Waals surface area contributed by atoms with Gasteiger partial charge in [0.1, 0.15) is 18.1 Å². The van der Waals surface area contributed by atoms with E-state index in [9.17, 15) is 14.7 Å². The minimum atomic E-state index is -0.292. The van der Waals surface area contributed by atoms with Crippen LogP contribution in [0.3, 0.4) is 0 Å². The van der Waals surface area contributed by atoms with Crippen molar-refractivity contribution in [2.24, 2.45) is 0 Å². The molecule has 0 saturated heterocycles. The first-order valence-electron chi connectivity index (χ1n) is 14.2. The van der Waals surface area contributed by atoms with E-state index < -0.39 is 0 Å². The van der Waals surface area contributed by atoms with Gasteiger partial charge in [-0.2, -0.15) is 0 Å². The number of aryl methyl sites for hydroxylation is 1. The number of phenolic OH excluding ortho intramolecular Hbond substituents is 1. The van der Waals surface area contributed by atoms with Gasteiger partial charge in [0, 0.05) is 18.8 Å². The molecule has 0 atom stereocenters. The lowest BCUT2D eigenvalue weighted by Crippen LogP contribution is -2.16. The number of benzene rings is 1. The van der Waals surface area contributed by atoms with Crippen LogP contribution in [0.15, 0.2) is 41.3 Å². The molecule has 5 heteroatoms. The van der Waals surface area contributed by atoms with Crippen molar-refractivity contribution in [1.82, 2.24) is 4.57 Å². The number of phenols is 1. The number of carbonyl (C=O) groups excluding carboxylic acids is 1. The number of aromatic nitrogens is 1. The molecule has 0 spiro atoms. The topological polar surface area (TPSA) is 68.5 Å². The van der Waals surface area contributed by atoms with Gasteiger partial charge in [-0.1, -0.05) is 115 Å². The Kier molecular flexibility index (Phi) is 15.4. The standard InChI is InChI=1S/C31H47NO4/c1-2-3-4-5-6-7-8-9-10-11-12-13-14-15-16-17-23-32-24-22-30(35)31(29(32)25-33)36-26-27-18-20-28(34)21-19-27/h18-22,24-25,34H,2-17,23,26H2,1H3. The fraction of sp³-hybridized carbons (Fsp3) is 0.613. The van der Waals surface area contributed by atoms with Gasteiger partial charge in [0.15, 0.2) is 12.0 Å². The quantitative estimate of drug-likeness (QED) is 0.139. The van der Waals surface area contributed by atoms with E-state index in [1.165, 1.54) is 96.0 Å². The molecule has 0 unspecified atom stereocenters. The van der Waals surface area contributed by atoms with Crippen LogP contribution in [-0.4, -0.2) is 16.0 Å². The normalized spacial score (nSPS) is 11.0. The van der Waals surface area contributed by atoms with Gasteiger partial charge in [-0.25, -0.2) is 0 Å². The van der Waals surface area contributed by atoms with Crippen LogP contribution in [0.1, 0.15) is 126 Å². The summed E-state index contributed by atoms with van der Waals surface area (Å²) in [6.45, 7) is 3.13. The fourth-order valence-corrected chi connectivity index (χ4v) is 4.61. The summed E-state index contributed by atoms with van der Waals surface area (Å²) >= 11 is 0. The Labute approximate surface area is 217 Å². The molecule has 36 heavy (non-hydrogen) atoms. The van der Waals surface area contributed by atoms with Crippen molar-refractivity contribution in [3.05, 3.63) is 58.0 Å². The Hall–Kier alpha value is -2.56. The Balaban J connectivity index is 1.57. The maximum absolute atomic E-state index is 12.3. The van der Waals surface area contributed by atoms with Crippen molar-refractivity contribution < 1.29 is 14.6 Å². The molecule has 0 aliphatic carbocycles. The second-order valence-corrected chi connectivity index (χ2v) is 9.96. The average Bonchev–Trinajstić information content (AvgIpc) is 2.89. The van der Waals surface area contributed by atoms with E-state index in [-0.39, 0.29) is 23.5 Å². The molecular formula is C31H47NO4. The Morgan fingerprint density at radius 3 is 1.75 bits per heavy atom. The first kappa shape index (κ1) is 29.7. The predicted molar refractivity (Wildman–Crippen MR) is 148 cm³/mol. The first-order chi connectivity index (χ1) is 17.7. The van der Waals surface area contributed by atoms with E-state index in [0.29, 0.717) is 18.5 Å². The number of unbranched alkanes of at least 4 members (excludes halogenated alkanes) is 15. The molecule has 1 N–H and O–H groups in total. The summed E-state index contributed by atoms with van der Waals surface area (Å²) in [4.78, 5) is 24.1. The molecule has 2 rings (SSSR count). The minimum absolute atomic E-state index is 0.0945. The molecule has 5 nitrogen and oxygen atoms in total. The third-order valence-electron chi connectivity index (χ3n) is 6.86. The highest BCUT2D eigenvalue weighted by Gasteiger charge is 2.12. The molecule has 0 radical (unpaired) electrons. The fourth-order valence-electron chi connectivity index (χ4n) is 4.61. The van der Waals surface area contributed by atoms with Gasteiger partial charge in [-0.15, -0.1) is 0 Å². The lowest BCUT2D eigenvalue weighted by molar-refractivity contribution is 0.110. The highest BCUT2D eigenvalue weighted by atomic mass is 16.5. The summed E-state index contributed by atoms with van der Waals surface area (Å²) < 4.78 is 7.54. The Morgan fingerprint density at radius 1 is 0.750 bits per heavy atom. The van der Waals surface area contributed by atoms with Crippen LogP contribution in [0.4, 0.5) is 0 Å². The molecule has 200 valence electrons. The van der Waals surface area contributed by atoms with Gasteiger partial charge in [-0.3, -0.25) is 9.59 Å². The molecule has 0 aliphatic rings. The zero-order chi connectivity index (χ0) is 25.8. The number of carbonyl (C=O) groups is 1. The number of rotatable bonds is 21. The lowest BCUT2D eigenvalue weighted by atomic mass is 10.0. The number of nitrogens with zero attached hydrogens (tertiary/aromatic N) is 1. The number of hydrogen-bond acceptors (Lipinski definition) is 4. The number of pyridine rings is 1. The summed E-state index contributed by atoms with van der Waals surface area (Å²) in [6, 6.07) is 8.06. The van der Waals surface area contributed by atoms with Gasteiger partial charge in [-0.05, 0) is 24.1 Å². The van der Waals surface area contributed by atoms with Crippen LogP contribution in [0.2, 0.25) is 0 Å². The van der Waals surface area contributed by atoms with Gasteiger partial charge in [0.05, 0.1) is 0 Å². The highest BCUT2D eigenvalue weighted by Crippen LogP contribution is 2.17. The van der Waals surface area contributed by atoms with Gasteiger partial charge < -0.3 is 14.4 Å². The van der Waals surface area contributed by atoms with Crippen molar-refractivity contribution >= 4 is 6.29 Å². The maximum Gasteiger partial charge on any atom is 0.224 e. The number of hydrogen-bond donors (Lipinski definition) is 1. The van der Waals surface area contributed by atoms with Crippen molar-refractivity contribution in [1.29, 1.82) is 0 Å². The minimum Gasteiger partial charge on any atom is -0.508 e. The SMILES string of the molecule is CCCCCCCCCCCCCCCCCCn1ccc(=O)c(OCc2ccc(O)cc2)c1C=O. The molecule has 1 aromatic carbocycles. The highest BCUT2D eigenvalue weighted by molar-refractivity contribution is 5.76. The second kappa shape index (κ2) is 18.7. The predicted octanol–water partition coefficient (Wildman–Crippen LogP) is 8.21. The van der Waals surface area contributed by atoms with Gasteiger partial charge in [0.25, 0.3) is 0 Å². The molecular weight excluding hydrogens is 450 g/mol. The summed E-state index contributed by atoms with van der Waals surface area (Å²) in [6.07, 6.45) is 23.5.